The average Bonchev–Trinajstić information content (AvgIpc) is 2.46. The first kappa shape index (κ1) is 15.2. The topological polar surface area (TPSA) is 46.2 Å². The van der Waals surface area contributed by atoms with E-state index in [1.807, 2.05) is 24.3 Å². The third-order valence-corrected chi connectivity index (χ3v) is 3.32. The smallest absolute Gasteiger partial charge is 0.221 e. The van der Waals surface area contributed by atoms with Gasteiger partial charge in [0, 0.05) is 22.6 Å². The molecule has 0 unspecified atom stereocenters. The number of carbonyl (C=O) groups is 2. The van der Waals surface area contributed by atoms with Crippen molar-refractivity contribution in [1.82, 2.24) is 0 Å². The fourth-order valence-corrected chi connectivity index (χ4v) is 2.03. The Hall–Kier alpha value is -2.20. The molecule has 0 saturated heterocycles. The van der Waals surface area contributed by atoms with E-state index in [9.17, 15) is 9.59 Å². The van der Waals surface area contributed by atoms with Crippen LogP contribution in [0.25, 0.3) is 6.08 Å². The molecular weight excluding hydrogens is 330 g/mol. The molecule has 1 N–H and O–H groups in total. The summed E-state index contributed by atoms with van der Waals surface area (Å²) in [6.07, 6.45) is 3.31. The van der Waals surface area contributed by atoms with Gasteiger partial charge in [-0.25, -0.2) is 0 Å². The van der Waals surface area contributed by atoms with Crippen LogP contribution in [0, 0.1) is 0 Å². The lowest BCUT2D eigenvalue weighted by molar-refractivity contribution is -0.114. The van der Waals surface area contributed by atoms with Crippen molar-refractivity contribution in [2.24, 2.45) is 0 Å². The van der Waals surface area contributed by atoms with Gasteiger partial charge >= 0.3 is 0 Å². The maximum absolute atomic E-state index is 12.0. The SMILES string of the molecule is CC(=O)Nc1ccc(C(=O)/C=C/c2ccc(Br)cc2)cc1. The molecule has 0 saturated carbocycles. The molecule has 0 atom stereocenters. The van der Waals surface area contributed by atoms with Gasteiger partial charge in [-0.05, 0) is 48.0 Å². The van der Waals surface area contributed by atoms with Crippen molar-refractivity contribution in [3.05, 3.63) is 70.2 Å². The van der Waals surface area contributed by atoms with E-state index in [0.717, 1.165) is 10.0 Å². The zero-order valence-corrected chi connectivity index (χ0v) is 13.1. The summed E-state index contributed by atoms with van der Waals surface area (Å²) in [5.74, 6) is -0.212. The number of benzene rings is 2. The van der Waals surface area contributed by atoms with Crippen molar-refractivity contribution in [2.45, 2.75) is 6.92 Å². The van der Waals surface area contributed by atoms with Crippen molar-refractivity contribution >= 4 is 39.4 Å². The number of carbonyl (C=O) groups excluding carboxylic acids is 2. The molecule has 0 radical (unpaired) electrons. The van der Waals surface area contributed by atoms with Gasteiger partial charge in [0.2, 0.25) is 5.91 Å². The highest BCUT2D eigenvalue weighted by molar-refractivity contribution is 9.10. The molecule has 3 nitrogen and oxygen atoms in total. The van der Waals surface area contributed by atoms with Crippen molar-refractivity contribution in [1.29, 1.82) is 0 Å². The van der Waals surface area contributed by atoms with E-state index >= 15 is 0 Å². The third kappa shape index (κ3) is 4.68. The van der Waals surface area contributed by atoms with Crippen LogP contribution < -0.4 is 5.32 Å². The second kappa shape index (κ2) is 6.99. The Morgan fingerprint density at radius 2 is 1.62 bits per heavy atom. The predicted octanol–water partition coefficient (Wildman–Crippen LogP) is 4.30. The van der Waals surface area contributed by atoms with Gasteiger partial charge in [-0.3, -0.25) is 9.59 Å². The first-order chi connectivity index (χ1) is 10.0. The van der Waals surface area contributed by atoms with E-state index in [1.54, 1.807) is 30.3 Å². The molecule has 0 spiro atoms. The summed E-state index contributed by atoms with van der Waals surface area (Å²) in [6.45, 7) is 1.44. The van der Waals surface area contributed by atoms with Gasteiger partial charge < -0.3 is 5.32 Å². The summed E-state index contributed by atoms with van der Waals surface area (Å²) in [6, 6.07) is 14.5. The lowest BCUT2D eigenvalue weighted by atomic mass is 10.1. The van der Waals surface area contributed by atoms with Crippen LogP contribution in [-0.2, 0) is 4.79 Å². The van der Waals surface area contributed by atoms with Gasteiger partial charge in [0.15, 0.2) is 5.78 Å². The summed E-state index contributed by atoms with van der Waals surface area (Å²) < 4.78 is 1.000. The Balaban J connectivity index is 2.06. The van der Waals surface area contributed by atoms with Crippen LogP contribution in [0.3, 0.4) is 0 Å². The van der Waals surface area contributed by atoms with E-state index in [-0.39, 0.29) is 11.7 Å². The number of hydrogen-bond donors (Lipinski definition) is 1. The quantitative estimate of drug-likeness (QED) is 0.664. The van der Waals surface area contributed by atoms with Crippen LogP contribution in [0.4, 0.5) is 5.69 Å². The molecule has 0 aliphatic heterocycles. The number of anilines is 1. The van der Waals surface area contributed by atoms with Gasteiger partial charge in [-0.2, -0.15) is 0 Å². The highest BCUT2D eigenvalue weighted by atomic mass is 79.9. The summed E-state index contributed by atoms with van der Waals surface area (Å²) in [4.78, 5) is 23.0. The van der Waals surface area contributed by atoms with E-state index < -0.39 is 0 Å². The molecule has 2 aromatic carbocycles. The number of hydrogen-bond acceptors (Lipinski definition) is 2. The maximum atomic E-state index is 12.0. The zero-order chi connectivity index (χ0) is 15.2. The van der Waals surface area contributed by atoms with Crippen molar-refractivity contribution in [2.75, 3.05) is 5.32 Å². The van der Waals surface area contributed by atoms with Gasteiger partial charge in [-0.1, -0.05) is 34.1 Å². The lowest BCUT2D eigenvalue weighted by Gasteiger charge is -2.02. The molecule has 1 amide bonds. The van der Waals surface area contributed by atoms with Gasteiger partial charge in [-0.15, -0.1) is 0 Å². The van der Waals surface area contributed by atoms with Crippen LogP contribution in [-0.4, -0.2) is 11.7 Å². The fourth-order valence-electron chi connectivity index (χ4n) is 1.76. The Morgan fingerprint density at radius 3 is 2.19 bits per heavy atom. The number of ketones is 1. The number of nitrogens with one attached hydrogen (secondary N) is 1. The highest BCUT2D eigenvalue weighted by Crippen LogP contribution is 2.13. The molecule has 4 heteroatoms. The van der Waals surface area contributed by atoms with Crippen molar-refractivity contribution < 1.29 is 9.59 Å². The average molecular weight is 344 g/mol. The van der Waals surface area contributed by atoms with Crippen molar-refractivity contribution in [3.8, 4) is 0 Å². The van der Waals surface area contributed by atoms with Crippen LogP contribution in [0.15, 0.2) is 59.1 Å². The van der Waals surface area contributed by atoms with Crippen LogP contribution in [0.5, 0.6) is 0 Å². The lowest BCUT2D eigenvalue weighted by Crippen LogP contribution is -2.05. The van der Waals surface area contributed by atoms with E-state index in [2.05, 4.69) is 21.2 Å². The number of allylic oxidation sites excluding steroid dienone is 1. The summed E-state index contributed by atoms with van der Waals surface area (Å²) in [5.41, 5.74) is 2.22. The van der Waals surface area contributed by atoms with E-state index in [0.29, 0.717) is 11.3 Å². The molecular formula is C17H14BrNO2. The molecule has 21 heavy (non-hydrogen) atoms. The Kier molecular flexibility index (Phi) is 5.06. The minimum absolute atomic E-state index is 0.0766. The molecule has 2 rings (SSSR count). The first-order valence-electron chi connectivity index (χ1n) is 6.40. The predicted molar refractivity (Wildman–Crippen MR) is 88.3 cm³/mol. The molecule has 0 aliphatic rings. The molecule has 0 bridgehead atoms. The van der Waals surface area contributed by atoms with Gasteiger partial charge in [0.05, 0.1) is 0 Å². The standard InChI is InChI=1S/C17H14BrNO2/c1-12(20)19-16-9-5-14(6-10-16)17(21)11-4-13-2-7-15(18)8-3-13/h2-11H,1H3,(H,19,20)/b11-4+. The zero-order valence-electron chi connectivity index (χ0n) is 11.5. The maximum Gasteiger partial charge on any atom is 0.221 e. The molecule has 0 fully saturated rings. The molecule has 0 aromatic heterocycles. The summed E-state index contributed by atoms with van der Waals surface area (Å²) in [7, 11) is 0. The van der Waals surface area contributed by atoms with Crippen LogP contribution >= 0.6 is 15.9 Å². The normalized spacial score (nSPS) is 10.6. The number of amides is 1. The van der Waals surface area contributed by atoms with Gasteiger partial charge in [0.1, 0.15) is 0 Å². The largest absolute Gasteiger partial charge is 0.326 e. The van der Waals surface area contributed by atoms with E-state index in [4.69, 9.17) is 0 Å². The molecule has 0 heterocycles. The Bertz CT molecular complexity index is 673. The van der Waals surface area contributed by atoms with Crippen LogP contribution in [0.2, 0.25) is 0 Å². The second-order valence-corrected chi connectivity index (χ2v) is 5.42. The fraction of sp³-hybridized carbons (Fsp3) is 0.0588. The number of halogens is 1. The Labute approximate surface area is 131 Å². The monoisotopic (exact) mass is 343 g/mol. The first-order valence-corrected chi connectivity index (χ1v) is 7.19. The second-order valence-electron chi connectivity index (χ2n) is 4.51. The van der Waals surface area contributed by atoms with Crippen molar-refractivity contribution in [3.63, 3.8) is 0 Å². The molecule has 106 valence electrons. The van der Waals surface area contributed by atoms with Crippen LogP contribution in [0.1, 0.15) is 22.8 Å². The Morgan fingerprint density at radius 1 is 1.00 bits per heavy atom. The number of rotatable bonds is 4. The minimum Gasteiger partial charge on any atom is -0.326 e. The van der Waals surface area contributed by atoms with Gasteiger partial charge in [0.25, 0.3) is 0 Å². The van der Waals surface area contributed by atoms with E-state index in [1.165, 1.54) is 13.0 Å². The summed E-state index contributed by atoms with van der Waals surface area (Å²) in [5, 5.41) is 2.66. The molecule has 0 aliphatic carbocycles. The highest BCUT2D eigenvalue weighted by Gasteiger charge is 2.02. The minimum atomic E-state index is -0.135. The molecule has 2 aromatic rings. The summed E-state index contributed by atoms with van der Waals surface area (Å²) >= 11 is 3.36. The third-order valence-electron chi connectivity index (χ3n) is 2.79.